The van der Waals surface area contributed by atoms with Gasteiger partial charge in [0.05, 0.1) is 0 Å². The van der Waals surface area contributed by atoms with Crippen molar-refractivity contribution in [2.75, 3.05) is 5.32 Å². The number of nitrogens with zero attached hydrogens (tertiary/aromatic N) is 2. The van der Waals surface area contributed by atoms with Crippen molar-refractivity contribution in [2.45, 2.75) is 33.2 Å². The fourth-order valence-corrected chi connectivity index (χ4v) is 1.90. The van der Waals surface area contributed by atoms with Gasteiger partial charge in [-0.2, -0.15) is 5.10 Å². The van der Waals surface area contributed by atoms with E-state index in [1.807, 2.05) is 6.92 Å². The van der Waals surface area contributed by atoms with Crippen LogP contribution in [0.25, 0.3) is 0 Å². The summed E-state index contributed by atoms with van der Waals surface area (Å²) < 4.78 is 14.7. The molecule has 0 bridgehead atoms. The largest absolute Gasteiger partial charge is 0.320 e. The van der Waals surface area contributed by atoms with Crippen molar-refractivity contribution in [1.29, 1.82) is 0 Å². The van der Waals surface area contributed by atoms with E-state index in [0.717, 1.165) is 12.8 Å². The second-order valence-corrected chi connectivity index (χ2v) is 5.05. The SMILES string of the molecule is CCCCn1nc(C(=O)Nc2ccc(C)c(F)c2)ccc1=O. The van der Waals surface area contributed by atoms with E-state index in [4.69, 9.17) is 0 Å². The summed E-state index contributed by atoms with van der Waals surface area (Å²) in [5, 5.41) is 6.62. The number of benzene rings is 1. The highest BCUT2D eigenvalue weighted by Crippen LogP contribution is 2.14. The van der Waals surface area contributed by atoms with E-state index in [1.54, 1.807) is 19.1 Å². The molecule has 0 aliphatic rings. The Morgan fingerprint density at radius 3 is 2.77 bits per heavy atom. The van der Waals surface area contributed by atoms with Crippen LogP contribution in [0.4, 0.5) is 10.1 Å². The normalized spacial score (nSPS) is 10.5. The fourth-order valence-electron chi connectivity index (χ4n) is 1.90. The molecule has 0 fully saturated rings. The monoisotopic (exact) mass is 303 g/mol. The number of unbranched alkanes of at least 4 members (excludes halogenated alkanes) is 1. The molecule has 0 aliphatic carbocycles. The molecule has 1 N–H and O–H groups in total. The minimum Gasteiger partial charge on any atom is -0.320 e. The lowest BCUT2D eigenvalue weighted by molar-refractivity contribution is 0.101. The van der Waals surface area contributed by atoms with Crippen LogP contribution in [-0.4, -0.2) is 15.7 Å². The molecule has 1 heterocycles. The number of hydrogen-bond acceptors (Lipinski definition) is 3. The first kappa shape index (κ1) is 15.9. The molecule has 5 nitrogen and oxygen atoms in total. The molecule has 0 atom stereocenters. The van der Waals surface area contributed by atoms with Gasteiger partial charge >= 0.3 is 0 Å². The standard InChI is InChI=1S/C16H18FN3O2/c1-3-4-9-20-15(21)8-7-14(19-20)16(22)18-12-6-5-11(2)13(17)10-12/h5-8,10H,3-4,9H2,1-2H3,(H,18,22). The van der Waals surface area contributed by atoms with E-state index >= 15 is 0 Å². The molecular weight excluding hydrogens is 285 g/mol. The van der Waals surface area contributed by atoms with Gasteiger partial charge in [-0.1, -0.05) is 19.4 Å². The maximum Gasteiger partial charge on any atom is 0.276 e. The van der Waals surface area contributed by atoms with Crippen LogP contribution in [0.1, 0.15) is 35.8 Å². The van der Waals surface area contributed by atoms with E-state index < -0.39 is 11.7 Å². The Bertz CT molecular complexity index is 740. The molecule has 6 heteroatoms. The lowest BCUT2D eigenvalue weighted by Crippen LogP contribution is -2.26. The number of amides is 1. The molecule has 0 saturated carbocycles. The number of nitrogens with one attached hydrogen (secondary N) is 1. The Morgan fingerprint density at radius 2 is 2.09 bits per heavy atom. The van der Waals surface area contributed by atoms with Crippen molar-refractivity contribution in [3.63, 3.8) is 0 Å². The van der Waals surface area contributed by atoms with E-state index in [1.165, 1.54) is 22.9 Å². The predicted octanol–water partition coefficient (Wildman–Crippen LogP) is 2.74. The second kappa shape index (κ2) is 6.98. The third-order valence-electron chi connectivity index (χ3n) is 3.25. The number of halogens is 1. The first-order valence-corrected chi connectivity index (χ1v) is 7.17. The molecule has 2 aromatic rings. The van der Waals surface area contributed by atoms with Crippen molar-refractivity contribution in [3.8, 4) is 0 Å². The summed E-state index contributed by atoms with van der Waals surface area (Å²) in [6.45, 7) is 4.12. The number of hydrogen-bond donors (Lipinski definition) is 1. The van der Waals surface area contributed by atoms with Crippen LogP contribution in [0.5, 0.6) is 0 Å². The van der Waals surface area contributed by atoms with Crippen LogP contribution in [0, 0.1) is 12.7 Å². The van der Waals surface area contributed by atoms with E-state index in [9.17, 15) is 14.0 Å². The third-order valence-corrected chi connectivity index (χ3v) is 3.25. The molecule has 1 aromatic carbocycles. The van der Waals surface area contributed by atoms with Crippen LogP contribution in [0.3, 0.4) is 0 Å². The topological polar surface area (TPSA) is 64.0 Å². The van der Waals surface area contributed by atoms with Gasteiger partial charge in [0.1, 0.15) is 11.5 Å². The van der Waals surface area contributed by atoms with Crippen LogP contribution in [0.15, 0.2) is 35.1 Å². The van der Waals surface area contributed by atoms with Crippen molar-refractivity contribution < 1.29 is 9.18 Å². The van der Waals surface area contributed by atoms with Crippen molar-refractivity contribution in [1.82, 2.24) is 9.78 Å². The average molecular weight is 303 g/mol. The summed E-state index contributed by atoms with van der Waals surface area (Å²) in [7, 11) is 0. The number of carbonyl (C=O) groups excluding carboxylic acids is 1. The van der Waals surface area contributed by atoms with Crippen LogP contribution >= 0.6 is 0 Å². The predicted molar refractivity (Wildman–Crippen MR) is 82.5 cm³/mol. The van der Waals surface area contributed by atoms with Gasteiger partial charge in [-0.15, -0.1) is 0 Å². The molecule has 2 rings (SSSR count). The zero-order valence-corrected chi connectivity index (χ0v) is 12.6. The number of carbonyl (C=O) groups is 1. The Kier molecular flexibility index (Phi) is 5.04. The average Bonchev–Trinajstić information content (AvgIpc) is 2.50. The number of aryl methyl sites for hydroxylation is 2. The molecule has 116 valence electrons. The van der Waals surface area contributed by atoms with Crippen LogP contribution < -0.4 is 10.9 Å². The smallest absolute Gasteiger partial charge is 0.276 e. The van der Waals surface area contributed by atoms with E-state index in [2.05, 4.69) is 10.4 Å². The minimum absolute atomic E-state index is 0.122. The van der Waals surface area contributed by atoms with Gasteiger partial charge < -0.3 is 5.32 Å². The first-order valence-electron chi connectivity index (χ1n) is 7.17. The van der Waals surface area contributed by atoms with Gasteiger partial charge in [0, 0.05) is 18.3 Å². The highest BCUT2D eigenvalue weighted by Gasteiger charge is 2.11. The molecule has 0 radical (unpaired) electrons. The van der Waals surface area contributed by atoms with Gasteiger partial charge in [0.15, 0.2) is 0 Å². The molecule has 0 aliphatic heterocycles. The Hall–Kier alpha value is -2.50. The van der Waals surface area contributed by atoms with Crippen LogP contribution in [0.2, 0.25) is 0 Å². The summed E-state index contributed by atoms with van der Waals surface area (Å²) in [6.07, 6.45) is 1.73. The van der Waals surface area contributed by atoms with Crippen LogP contribution in [-0.2, 0) is 6.54 Å². The quantitative estimate of drug-likeness (QED) is 0.923. The summed E-state index contributed by atoms with van der Waals surface area (Å²) in [4.78, 5) is 23.8. The zero-order chi connectivity index (χ0) is 16.1. The summed E-state index contributed by atoms with van der Waals surface area (Å²) in [5.74, 6) is -0.868. The molecule has 1 aromatic heterocycles. The molecule has 22 heavy (non-hydrogen) atoms. The lowest BCUT2D eigenvalue weighted by Gasteiger charge is -2.08. The second-order valence-electron chi connectivity index (χ2n) is 5.05. The van der Waals surface area contributed by atoms with Gasteiger partial charge in [0.2, 0.25) is 0 Å². The molecule has 0 spiro atoms. The molecule has 1 amide bonds. The molecule has 0 saturated heterocycles. The highest BCUT2D eigenvalue weighted by molar-refractivity contribution is 6.02. The maximum absolute atomic E-state index is 13.5. The fraction of sp³-hybridized carbons (Fsp3) is 0.312. The molecule has 0 unspecified atom stereocenters. The highest BCUT2D eigenvalue weighted by atomic mass is 19.1. The number of rotatable bonds is 5. The zero-order valence-electron chi connectivity index (χ0n) is 12.6. The maximum atomic E-state index is 13.5. The molecular formula is C16H18FN3O2. The van der Waals surface area contributed by atoms with Gasteiger partial charge in [0.25, 0.3) is 11.5 Å². The van der Waals surface area contributed by atoms with Crippen molar-refractivity contribution in [3.05, 3.63) is 57.8 Å². The minimum atomic E-state index is -0.478. The number of anilines is 1. The van der Waals surface area contributed by atoms with Gasteiger partial charge in [-0.25, -0.2) is 9.07 Å². The Morgan fingerprint density at radius 1 is 1.32 bits per heavy atom. The third kappa shape index (κ3) is 3.78. The Labute approximate surface area is 127 Å². The van der Waals surface area contributed by atoms with Gasteiger partial charge in [-0.05, 0) is 37.1 Å². The summed E-state index contributed by atoms with van der Waals surface area (Å²) >= 11 is 0. The summed E-state index contributed by atoms with van der Waals surface area (Å²) in [5.41, 5.74) is 0.730. The first-order chi connectivity index (χ1) is 10.5. The lowest BCUT2D eigenvalue weighted by atomic mass is 10.2. The van der Waals surface area contributed by atoms with E-state index in [0.29, 0.717) is 17.8 Å². The van der Waals surface area contributed by atoms with E-state index in [-0.39, 0.29) is 11.3 Å². The summed E-state index contributed by atoms with van der Waals surface area (Å²) in [6, 6.07) is 7.13. The van der Waals surface area contributed by atoms with Crippen molar-refractivity contribution in [2.24, 2.45) is 0 Å². The van der Waals surface area contributed by atoms with Gasteiger partial charge in [-0.3, -0.25) is 9.59 Å². The van der Waals surface area contributed by atoms with Crippen molar-refractivity contribution >= 4 is 11.6 Å². The number of aromatic nitrogens is 2. The Balaban J connectivity index is 2.18.